The number of hydrogen-bond acceptors (Lipinski definition) is 6. The number of aryl methyl sites for hydroxylation is 1. The number of amides is 2. The molecule has 1 aromatic carbocycles. The lowest BCUT2D eigenvalue weighted by Crippen LogP contribution is -2.12. The molecule has 2 N–H and O–H groups in total. The van der Waals surface area contributed by atoms with Crippen LogP contribution in [0.4, 0.5) is 10.7 Å². The number of hydrogen-bond donors (Lipinski definition) is 2. The van der Waals surface area contributed by atoms with Crippen molar-refractivity contribution in [2.24, 2.45) is 0 Å². The highest BCUT2D eigenvalue weighted by atomic mass is 32.2. The molecule has 0 saturated carbocycles. The van der Waals surface area contributed by atoms with Gasteiger partial charge in [0, 0.05) is 17.1 Å². The molecule has 8 heteroatoms. The van der Waals surface area contributed by atoms with Gasteiger partial charge in [0.1, 0.15) is 0 Å². The van der Waals surface area contributed by atoms with Crippen LogP contribution in [0.15, 0.2) is 58.0 Å². The summed E-state index contributed by atoms with van der Waals surface area (Å²) < 4.78 is 5.08. The first kappa shape index (κ1) is 19.7. The van der Waals surface area contributed by atoms with E-state index in [2.05, 4.69) is 16.7 Å². The molecule has 3 aromatic rings. The number of thioether (sulfide) groups is 1. The van der Waals surface area contributed by atoms with E-state index in [0.717, 1.165) is 10.5 Å². The highest BCUT2D eigenvalue weighted by Crippen LogP contribution is 2.31. The highest BCUT2D eigenvalue weighted by molar-refractivity contribution is 7.99. The number of anilines is 2. The summed E-state index contributed by atoms with van der Waals surface area (Å²) >= 11 is 2.73. The van der Waals surface area contributed by atoms with Crippen LogP contribution in [-0.2, 0) is 0 Å². The van der Waals surface area contributed by atoms with E-state index in [0.29, 0.717) is 27.7 Å². The number of furan rings is 1. The molecule has 0 aliphatic rings. The van der Waals surface area contributed by atoms with Gasteiger partial charge >= 0.3 is 0 Å². The standard InChI is InChI=1S/C20H17N3O3S2/c1-13-12-17(23-19(24)15-7-4-10-26-15)28-18(13)20(25)22-14-6-2-3-8-16(14)27-11-5-9-21/h2-4,6-8,10,12H,5,11H2,1H3,(H,22,25)(H,23,24). The summed E-state index contributed by atoms with van der Waals surface area (Å²) in [4.78, 5) is 26.3. The van der Waals surface area contributed by atoms with Crippen molar-refractivity contribution in [1.82, 2.24) is 0 Å². The largest absolute Gasteiger partial charge is 0.459 e. The van der Waals surface area contributed by atoms with Crippen molar-refractivity contribution in [1.29, 1.82) is 5.26 Å². The molecule has 28 heavy (non-hydrogen) atoms. The maximum Gasteiger partial charge on any atom is 0.291 e. The Morgan fingerprint density at radius 2 is 2.00 bits per heavy atom. The van der Waals surface area contributed by atoms with Gasteiger partial charge in [0.2, 0.25) is 0 Å². The van der Waals surface area contributed by atoms with Gasteiger partial charge in [0.05, 0.1) is 27.9 Å². The first-order valence-electron chi connectivity index (χ1n) is 8.44. The van der Waals surface area contributed by atoms with Gasteiger partial charge in [-0.2, -0.15) is 5.26 Å². The molecule has 0 aliphatic carbocycles. The fourth-order valence-corrected chi connectivity index (χ4v) is 4.26. The van der Waals surface area contributed by atoms with Crippen molar-refractivity contribution >= 4 is 45.6 Å². The van der Waals surface area contributed by atoms with Gasteiger partial charge < -0.3 is 15.1 Å². The summed E-state index contributed by atoms with van der Waals surface area (Å²) in [5.74, 6) is 0.261. The predicted molar refractivity (Wildman–Crippen MR) is 111 cm³/mol. The maximum atomic E-state index is 12.8. The van der Waals surface area contributed by atoms with E-state index in [1.54, 1.807) is 18.2 Å². The Kier molecular flexibility index (Phi) is 6.53. The third-order valence-corrected chi connectivity index (χ3v) is 5.94. The van der Waals surface area contributed by atoms with Crippen molar-refractivity contribution in [2.75, 3.05) is 16.4 Å². The molecule has 0 aliphatic heterocycles. The van der Waals surface area contributed by atoms with Crippen LogP contribution in [0.3, 0.4) is 0 Å². The van der Waals surface area contributed by atoms with Crippen LogP contribution in [0, 0.1) is 18.3 Å². The summed E-state index contributed by atoms with van der Waals surface area (Å²) in [7, 11) is 0. The fraction of sp³-hybridized carbons (Fsp3) is 0.150. The van der Waals surface area contributed by atoms with Gasteiger partial charge in [0.25, 0.3) is 11.8 Å². The number of carbonyl (C=O) groups excluding carboxylic acids is 2. The normalized spacial score (nSPS) is 10.3. The van der Waals surface area contributed by atoms with E-state index < -0.39 is 0 Å². The zero-order valence-corrected chi connectivity index (χ0v) is 16.7. The molecule has 2 amide bonds. The molecular weight excluding hydrogens is 394 g/mol. The van der Waals surface area contributed by atoms with E-state index in [1.165, 1.54) is 29.4 Å². The van der Waals surface area contributed by atoms with Crippen LogP contribution >= 0.6 is 23.1 Å². The minimum atomic E-state index is -0.363. The lowest BCUT2D eigenvalue weighted by Gasteiger charge is -2.09. The molecule has 142 valence electrons. The van der Waals surface area contributed by atoms with Crippen molar-refractivity contribution in [3.63, 3.8) is 0 Å². The summed E-state index contributed by atoms with van der Waals surface area (Å²) in [5, 5.41) is 14.9. The Hall–Kier alpha value is -3.02. The Balaban J connectivity index is 1.71. The second-order valence-electron chi connectivity index (χ2n) is 5.76. The first-order chi connectivity index (χ1) is 13.6. The first-order valence-corrected chi connectivity index (χ1v) is 10.2. The fourth-order valence-electron chi connectivity index (χ4n) is 2.43. The van der Waals surface area contributed by atoms with Crippen LogP contribution < -0.4 is 10.6 Å². The van der Waals surface area contributed by atoms with Gasteiger partial charge in [-0.25, -0.2) is 0 Å². The Morgan fingerprint density at radius 3 is 2.75 bits per heavy atom. The van der Waals surface area contributed by atoms with Gasteiger partial charge in [0.15, 0.2) is 5.76 Å². The average molecular weight is 412 g/mol. The van der Waals surface area contributed by atoms with E-state index in [1.807, 2.05) is 31.2 Å². The van der Waals surface area contributed by atoms with E-state index in [4.69, 9.17) is 9.68 Å². The number of nitrogens with one attached hydrogen (secondary N) is 2. The molecule has 0 bridgehead atoms. The SMILES string of the molecule is Cc1cc(NC(=O)c2ccco2)sc1C(=O)Nc1ccccc1SCCC#N. The number of para-hydroxylation sites is 1. The van der Waals surface area contributed by atoms with Crippen molar-refractivity contribution in [2.45, 2.75) is 18.2 Å². The molecule has 0 radical (unpaired) electrons. The second-order valence-corrected chi connectivity index (χ2v) is 7.95. The Morgan fingerprint density at radius 1 is 1.18 bits per heavy atom. The molecule has 0 unspecified atom stereocenters. The molecular formula is C20H17N3O3S2. The predicted octanol–water partition coefficient (Wildman–Crippen LogP) is 5.16. The third kappa shape index (κ3) is 4.82. The van der Waals surface area contributed by atoms with Gasteiger partial charge in [-0.15, -0.1) is 23.1 Å². The molecule has 0 spiro atoms. The number of thiophene rings is 1. The summed E-state index contributed by atoms with van der Waals surface area (Å²) in [6, 6.07) is 14.6. The van der Waals surface area contributed by atoms with Crippen LogP contribution in [0.2, 0.25) is 0 Å². The molecule has 2 aromatic heterocycles. The average Bonchev–Trinajstić information content (AvgIpc) is 3.33. The summed E-state index contributed by atoms with van der Waals surface area (Å²) in [6.45, 7) is 1.82. The Bertz CT molecular complexity index is 1020. The molecule has 2 heterocycles. The van der Waals surface area contributed by atoms with Crippen molar-refractivity contribution in [3.05, 3.63) is 64.9 Å². The van der Waals surface area contributed by atoms with Crippen LogP contribution in [0.25, 0.3) is 0 Å². The van der Waals surface area contributed by atoms with E-state index in [9.17, 15) is 9.59 Å². The number of nitriles is 1. The quantitative estimate of drug-likeness (QED) is 0.414. The van der Waals surface area contributed by atoms with Crippen molar-refractivity contribution in [3.8, 4) is 6.07 Å². The minimum absolute atomic E-state index is 0.209. The minimum Gasteiger partial charge on any atom is -0.459 e. The molecule has 0 atom stereocenters. The lowest BCUT2D eigenvalue weighted by molar-refractivity contribution is 0.0995. The van der Waals surface area contributed by atoms with Crippen LogP contribution in [0.5, 0.6) is 0 Å². The monoisotopic (exact) mass is 411 g/mol. The molecule has 6 nitrogen and oxygen atoms in total. The molecule has 3 rings (SSSR count). The number of rotatable bonds is 7. The summed E-state index contributed by atoms with van der Waals surface area (Å²) in [5.41, 5.74) is 1.47. The maximum absolute atomic E-state index is 12.8. The zero-order chi connectivity index (χ0) is 19.9. The van der Waals surface area contributed by atoms with Crippen LogP contribution in [0.1, 0.15) is 32.2 Å². The summed E-state index contributed by atoms with van der Waals surface area (Å²) in [6.07, 6.45) is 1.87. The van der Waals surface area contributed by atoms with Crippen molar-refractivity contribution < 1.29 is 14.0 Å². The Labute approximate surface area is 170 Å². The van der Waals surface area contributed by atoms with E-state index in [-0.39, 0.29) is 17.6 Å². The smallest absolute Gasteiger partial charge is 0.291 e. The van der Waals surface area contributed by atoms with Gasteiger partial charge in [-0.1, -0.05) is 12.1 Å². The van der Waals surface area contributed by atoms with E-state index >= 15 is 0 Å². The molecule has 0 saturated heterocycles. The number of carbonyl (C=O) groups is 2. The van der Waals surface area contributed by atoms with Gasteiger partial charge in [-0.3, -0.25) is 9.59 Å². The second kappa shape index (κ2) is 9.26. The van der Waals surface area contributed by atoms with Gasteiger partial charge in [-0.05, 0) is 42.8 Å². The highest BCUT2D eigenvalue weighted by Gasteiger charge is 2.17. The zero-order valence-electron chi connectivity index (χ0n) is 15.0. The number of nitrogens with zero attached hydrogens (tertiary/aromatic N) is 1. The topological polar surface area (TPSA) is 95.1 Å². The molecule has 0 fully saturated rings. The van der Waals surface area contributed by atoms with Crippen LogP contribution in [-0.4, -0.2) is 17.6 Å². The lowest BCUT2D eigenvalue weighted by atomic mass is 10.2. The third-order valence-electron chi connectivity index (χ3n) is 3.71. The number of benzene rings is 1.